The van der Waals surface area contributed by atoms with E-state index in [1.807, 2.05) is 13.8 Å². The molecule has 8 heteroatoms. The lowest BCUT2D eigenvalue weighted by Gasteiger charge is -2.32. The van der Waals surface area contributed by atoms with Crippen LogP contribution in [0.1, 0.15) is 57.9 Å². The second-order valence-corrected chi connectivity index (χ2v) is 13.4. The zero-order valence-electron chi connectivity index (χ0n) is 19.2. The third-order valence-corrected chi connectivity index (χ3v) is 10.7. The largest absolute Gasteiger partial charge is 0.300 e. The van der Waals surface area contributed by atoms with E-state index >= 15 is 0 Å². The van der Waals surface area contributed by atoms with E-state index in [2.05, 4.69) is 9.80 Å². The summed E-state index contributed by atoms with van der Waals surface area (Å²) in [5.41, 5.74) is 0.757. The zero-order valence-corrected chi connectivity index (χ0v) is 20.8. The summed E-state index contributed by atoms with van der Waals surface area (Å²) >= 11 is 0. The molecule has 0 N–H and O–H groups in total. The number of piperidine rings is 2. The van der Waals surface area contributed by atoms with Gasteiger partial charge < -0.3 is 0 Å². The Bertz CT molecular complexity index is 948. The molecule has 2 aliphatic heterocycles. The lowest BCUT2D eigenvalue weighted by molar-refractivity contribution is 0.186. The Kier molecular flexibility index (Phi) is 8.21. The molecule has 2 fully saturated rings. The van der Waals surface area contributed by atoms with Crippen molar-refractivity contribution >= 4 is 19.7 Å². The Labute approximate surface area is 188 Å². The number of hydrogen-bond acceptors (Lipinski definition) is 6. The smallest absolute Gasteiger partial charge is 0.181 e. The summed E-state index contributed by atoms with van der Waals surface area (Å²) in [6.45, 7) is 9.30. The van der Waals surface area contributed by atoms with Crippen molar-refractivity contribution in [1.82, 2.24) is 9.80 Å². The van der Waals surface area contributed by atoms with Crippen molar-refractivity contribution in [3.63, 3.8) is 0 Å². The molecule has 176 valence electrons. The molecule has 0 unspecified atom stereocenters. The van der Waals surface area contributed by atoms with Crippen molar-refractivity contribution in [1.29, 1.82) is 0 Å². The van der Waals surface area contributed by atoms with E-state index in [1.54, 1.807) is 13.0 Å². The Morgan fingerprint density at radius 2 is 1.13 bits per heavy atom. The fourth-order valence-electron chi connectivity index (χ4n) is 4.86. The first kappa shape index (κ1) is 24.7. The lowest BCUT2D eigenvalue weighted by atomic mass is 10.1. The number of likely N-dealkylation sites (tertiary alicyclic amines) is 2. The molecule has 2 heterocycles. The fourth-order valence-corrected chi connectivity index (χ4v) is 9.05. The van der Waals surface area contributed by atoms with Crippen LogP contribution in [0, 0.1) is 6.92 Å². The Hall–Kier alpha value is -0.960. The van der Waals surface area contributed by atoms with E-state index in [4.69, 9.17) is 0 Å². The minimum absolute atomic E-state index is 0.0257. The zero-order chi connectivity index (χ0) is 22.6. The Morgan fingerprint density at radius 1 is 0.710 bits per heavy atom. The molecule has 1 aromatic rings. The van der Waals surface area contributed by atoms with Gasteiger partial charge in [-0.1, -0.05) is 18.9 Å². The molecule has 0 aromatic heterocycles. The van der Waals surface area contributed by atoms with E-state index in [0.717, 1.165) is 57.4 Å². The van der Waals surface area contributed by atoms with Gasteiger partial charge >= 0.3 is 0 Å². The predicted octanol–water partition coefficient (Wildman–Crippen LogP) is 3.29. The first-order valence-corrected chi connectivity index (χ1v) is 14.9. The topological polar surface area (TPSA) is 74.8 Å². The van der Waals surface area contributed by atoms with Gasteiger partial charge in [-0.25, -0.2) is 16.8 Å². The Balaban J connectivity index is 1.84. The summed E-state index contributed by atoms with van der Waals surface area (Å²) in [6.07, 6.45) is 6.72. The summed E-state index contributed by atoms with van der Waals surface area (Å²) < 4.78 is 53.5. The molecule has 2 saturated heterocycles. The van der Waals surface area contributed by atoms with Crippen molar-refractivity contribution in [3.05, 3.63) is 23.8 Å². The predicted molar refractivity (Wildman–Crippen MR) is 125 cm³/mol. The second-order valence-electron chi connectivity index (χ2n) is 9.40. The molecule has 0 amide bonds. The van der Waals surface area contributed by atoms with Gasteiger partial charge in [0.15, 0.2) is 19.7 Å². The van der Waals surface area contributed by atoms with Crippen LogP contribution in [0.4, 0.5) is 0 Å². The van der Waals surface area contributed by atoms with Gasteiger partial charge in [-0.3, -0.25) is 9.80 Å². The maximum Gasteiger partial charge on any atom is 0.181 e. The van der Waals surface area contributed by atoms with Crippen LogP contribution < -0.4 is 0 Å². The third-order valence-electron chi connectivity index (χ3n) is 6.72. The first-order valence-electron chi connectivity index (χ1n) is 11.6. The highest BCUT2D eigenvalue weighted by molar-refractivity contribution is 7.94. The van der Waals surface area contributed by atoms with Crippen molar-refractivity contribution in [2.24, 2.45) is 0 Å². The van der Waals surface area contributed by atoms with Crippen LogP contribution in [0.2, 0.25) is 0 Å². The van der Waals surface area contributed by atoms with E-state index in [9.17, 15) is 16.8 Å². The van der Waals surface area contributed by atoms with Gasteiger partial charge in [0.2, 0.25) is 0 Å². The number of aryl methyl sites for hydroxylation is 1. The van der Waals surface area contributed by atoms with Gasteiger partial charge in [0.1, 0.15) is 0 Å². The normalized spacial score (nSPS) is 21.6. The number of benzene rings is 1. The Morgan fingerprint density at radius 3 is 1.58 bits per heavy atom. The molecule has 31 heavy (non-hydrogen) atoms. The summed E-state index contributed by atoms with van der Waals surface area (Å²) in [7, 11) is -7.47. The molecule has 2 aliphatic rings. The molecule has 0 spiro atoms. The van der Waals surface area contributed by atoms with Gasteiger partial charge in [-0.2, -0.15) is 0 Å². The maximum absolute atomic E-state index is 13.4. The van der Waals surface area contributed by atoms with Gasteiger partial charge in [0.05, 0.1) is 21.3 Å². The highest BCUT2D eigenvalue weighted by atomic mass is 32.2. The summed E-state index contributed by atoms with van der Waals surface area (Å²) in [4.78, 5) is 4.36. The molecule has 2 atom stereocenters. The standard InChI is InChI=1S/C23H38N2O4S2/c1-19-10-11-22(30(26,27)17-20(2)24-12-6-4-7-13-24)23(16-19)31(28,29)18-21(3)25-14-8-5-9-15-25/h10-11,16,20-21H,4-9,12-15,17-18H2,1-3H3/t20-,21-/m0/s1. The van der Waals surface area contributed by atoms with E-state index in [-0.39, 0.29) is 33.4 Å². The van der Waals surface area contributed by atoms with Crippen LogP contribution in [0.3, 0.4) is 0 Å². The molecule has 0 bridgehead atoms. The van der Waals surface area contributed by atoms with Crippen molar-refractivity contribution in [3.8, 4) is 0 Å². The van der Waals surface area contributed by atoms with Crippen LogP contribution >= 0.6 is 0 Å². The van der Waals surface area contributed by atoms with Crippen molar-refractivity contribution < 1.29 is 16.8 Å². The van der Waals surface area contributed by atoms with Gasteiger partial charge in [-0.15, -0.1) is 0 Å². The van der Waals surface area contributed by atoms with Crippen molar-refractivity contribution in [2.45, 2.75) is 81.2 Å². The van der Waals surface area contributed by atoms with Crippen molar-refractivity contribution in [2.75, 3.05) is 37.7 Å². The van der Waals surface area contributed by atoms with Crippen LogP contribution in [0.5, 0.6) is 0 Å². The average Bonchev–Trinajstić information content (AvgIpc) is 2.74. The number of sulfone groups is 2. The quantitative estimate of drug-likeness (QED) is 0.580. The first-order chi connectivity index (χ1) is 14.6. The molecule has 6 nitrogen and oxygen atoms in total. The van der Waals surface area contributed by atoms with Gasteiger partial charge in [-0.05, 0) is 90.3 Å². The fraction of sp³-hybridized carbons (Fsp3) is 0.739. The van der Waals surface area contributed by atoms with E-state index < -0.39 is 19.7 Å². The van der Waals surface area contributed by atoms with Gasteiger partial charge in [0, 0.05) is 12.1 Å². The van der Waals surface area contributed by atoms with Crippen LogP contribution in [-0.2, 0) is 19.7 Å². The summed E-state index contributed by atoms with van der Waals surface area (Å²) in [5, 5.41) is 0. The van der Waals surface area contributed by atoms with E-state index in [0.29, 0.717) is 0 Å². The van der Waals surface area contributed by atoms with Crippen LogP contribution in [0.25, 0.3) is 0 Å². The van der Waals surface area contributed by atoms with Gasteiger partial charge in [0.25, 0.3) is 0 Å². The molecular formula is C23H38N2O4S2. The molecule has 0 saturated carbocycles. The molecule has 0 aliphatic carbocycles. The number of hydrogen-bond donors (Lipinski definition) is 0. The number of nitrogens with zero attached hydrogens (tertiary/aromatic N) is 2. The molecule has 0 radical (unpaired) electrons. The maximum atomic E-state index is 13.4. The summed E-state index contributed by atoms with van der Waals surface area (Å²) in [6, 6.07) is 4.47. The third kappa shape index (κ3) is 6.30. The second kappa shape index (κ2) is 10.3. The highest BCUT2D eigenvalue weighted by Gasteiger charge is 2.32. The molecule has 1 aromatic carbocycles. The minimum Gasteiger partial charge on any atom is -0.300 e. The summed E-state index contributed by atoms with van der Waals surface area (Å²) in [5.74, 6) is -0.110. The lowest BCUT2D eigenvalue weighted by Crippen LogP contribution is -2.42. The highest BCUT2D eigenvalue weighted by Crippen LogP contribution is 2.27. The minimum atomic E-state index is -3.74. The monoisotopic (exact) mass is 470 g/mol. The SMILES string of the molecule is Cc1ccc(S(=O)(=O)C[C@H](C)N2CCCCC2)c(S(=O)(=O)C[C@H](C)N2CCCCC2)c1. The van der Waals surface area contributed by atoms with Crippen LogP contribution in [0.15, 0.2) is 28.0 Å². The van der Waals surface area contributed by atoms with Crippen LogP contribution in [-0.4, -0.2) is 76.4 Å². The average molecular weight is 471 g/mol. The van der Waals surface area contributed by atoms with E-state index in [1.165, 1.54) is 25.0 Å². The molecule has 3 rings (SSSR count). The molecular weight excluding hydrogens is 432 g/mol. The number of rotatable bonds is 8.